The van der Waals surface area contributed by atoms with Gasteiger partial charge in [0.1, 0.15) is 0 Å². The molecule has 1 aliphatic heterocycles. The number of aryl methyl sites for hydroxylation is 1. The van der Waals surface area contributed by atoms with Crippen LogP contribution in [0.3, 0.4) is 0 Å². The summed E-state index contributed by atoms with van der Waals surface area (Å²) >= 11 is 0. The standard InChI is InChI=1S/C19H20F3N3O2/c1-12-6-8-24(9-7-12)18(27)17-16(26)10-13(2)25(23-17)15-5-3-4-14(11-15)19(20,21)22/h3-5,10-12H,6-9H2,1-2H3. The average molecular weight is 379 g/mol. The molecule has 3 rings (SSSR count). The monoisotopic (exact) mass is 379 g/mol. The number of aromatic nitrogens is 2. The van der Waals surface area contributed by atoms with Gasteiger partial charge in [-0.05, 0) is 43.9 Å². The van der Waals surface area contributed by atoms with Gasteiger partial charge < -0.3 is 4.90 Å². The minimum Gasteiger partial charge on any atom is -0.337 e. The van der Waals surface area contributed by atoms with Gasteiger partial charge in [-0.3, -0.25) is 9.59 Å². The number of amides is 1. The summed E-state index contributed by atoms with van der Waals surface area (Å²) in [4.78, 5) is 26.6. The van der Waals surface area contributed by atoms with Crippen molar-refractivity contribution in [1.82, 2.24) is 14.7 Å². The van der Waals surface area contributed by atoms with E-state index in [-0.39, 0.29) is 11.4 Å². The fourth-order valence-electron chi connectivity index (χ4n) is 3.13. The second kappa shape index (κ2) is 7.17. The van der Waals surface area contributed by atoms with Crippen LogP contribution in [-0.4, -0.2) is 33.7 Å². The first-order valence-electron chi connectivity index (χ1n) is 8.74. The number of carbonyl (C=O) groups is 1. The maximum atomic E-state index is 13.0. The number of piperidine rings is 1. The van der Waals surface area contributed by atoms with Crippen LogP contribution in [0.25, 0.3) is 5.69 Å². The van der Waals surface area contributed by atoms with Crippen molar-refractivity contribution in [3.05, 3.63) is 57.5 Å². The Morgan fingerprint density at radius 2 is 1.85 bits per heavy atom. The summed E-state index contributed by atoms with van der Waals surface area (Å²) < 4.78 is 40.2. The molecule has 0 bridgehead atoms. The van der Waals surface area contributed by atoms with Crippen molar-refractivity contribution in [3.8, 4) is 5.69 Å². The molecule has 1 amide bonds. The molecule has 0 radical (unpaired) electrons. The summed E-state index contributed by atoms with van der Waals surface area (Å²) in [6.45, 7) is 4.75. The van der Waals surface area contributed by atoms with Gasteiger partial charge >= 0.3 is 6.18 Å². The van der Waals surface area contributed by atoms with Gasteiger partial charge in [-0.15, -0.1) is 0 Å². The average Bonchev–Trinajstić information content (AvgIpc) is 2.61. The van der Waals surface area contributed by atoms with E-state index >= 15 is 0 Å². The van der Waals surface area contributed by atoms with Crippen LogP contribution in [0.15, 0.2) is 35.1 Å². The highest BCUT2D eigenvalue weighted by Crippen LogP contribution is 2.30. The number of carbonyl (C=O) groups excluding carboxylic acids is 1. The van der Waals surface area contributed by atoms with Gasteiger partial charge in [-0.1, -0.05) is 13.0 Å². The lowest BCUT2D eigenvalue weighted by Gasteiger charge is -2.30. The topological polar surface area (TPSA) is 55.2 Å². The molecule has 2 aromatic rings. The molecule has 0 atom stereocenters. The van der Waals surface area contributed by atoms with Crippen molar-refractivity contribution in [2.45, 2.75) is 32.9 Å². The molecule has 144 valence electrons. The normalized spacial score (nSPS) is 15.8. The number of halogens is 3. The highest BCUT2D eigenvalue weighted by atomic mass is 19.4. The SMILES string of the molecule is Cc1cc(=O)c(C(=O)N2CCC(C)CC2)nn1-c1cccc(C(F)(F)F)c1. The molecule has 5 nitrogen and oxygen atoms in total. The van der Waals surface area contributed by atoms with Crippen LogP contribution in [0, 0.1) is 12.8 Å². The summed E-state index contributed by atoms with van der Waals surface area (Å²) in [5, 5.41) is 4.10. The van der Waals surface area contributed by atoms with Gasteiger partial charge in [-0.2, -0.15) is 18.3 Å². The molecule has 1 aromatic carbocycles. The lowest BCUT2D eigenvalue weighted by Crippen LogP contribution is -2.41. The lowest BCUT2D eigenvalue weighted by atomic mass is 9.99. The molecule has 8 heteroatoms. The van der Waals surface area contributed by atoms with Crippen LogP contribution in [0.5, 0.6) is 0 Å². The van der Waals surface area contributed by atoms with E-state index in [1.807, 2.05) is 0 Å². The Kier molecular flexibility index (Phi) is 5.08. The Hall–Kier alpha value is -2.64. The third kappa shape index (κ3) is 4.04. The van der Waals surface area contributed by atoms with Crippen molar-refractivity contribution in [2.75, 3.05) is 13.1 Å². The van der Waals surface area contributed by atoms with Crippen LogP contribution in [0.2, 0.25) is 0 Å². The molecule has 0 N–H and O–H groups in total. The molecule has 1 fully saturated rings. The van der Waals surface area contributed by atoms with Crippen LogP contribution in [0.1, 0.15) is 41.5 Å². The second-order valence-electron chi connectivity index (χ2n) is 6.93. The third-order valence-electron chi connectivity index (χ3n) is 4.80. The zero-order valence-electron chi connectivity index (χ0n) is 15.1. The number of hydrogen-bond acceptors (Lipinski definition) is 3. The quantitative estimate of drug-likeness (QED) is 0.803. The van der Waals surface area contributed by atoms with E-state index in [0.29, 0.717) is 24.7 Å². The minimum atomic E-state index is -4.49. The zero-order valence-corrected chi connectivity index (χ0v) is 15.1. The van der Waals surface area contributed by atoms with E-state index in [9.17, 15) is 22.8 Å². The van der Waals surface area contributed by atoms with Gasteiger partial charge in [0.05, 0.1) is 11.3 Å². The molecular formula is C19H20F3N3O2. The zero-order chi connectivity index (χ0) is 19.8. The predicted molar refractivity (Wildman–Crippen MR) is 93.9 cm³/mol. The molecule has 1 aliphatic rings. The first kappa shape index (κ1) is 19.1. The number of nitrogens with zero attached hydrogens (tertiary/aromatic N) is 3. The highest BCUT2D eigenvalue weighted by Gasteiger charge is 2.31. The Morgan fingerprint density at radius 1 is 1.19 bits per heavy atom. The first-order valence-corrected chi connectivity index (χ1v) is 8.74. The summed E-state index contributed by atoms with van der Waals surface area (Å²) in [7, 11) is 0. The highest BCUT2D eigenvalue weighted by molar-refractivity contribution is 5.92. The van der Waals surface area contributed by atoms with Gasteiger partial charge in [0.25, 0.3) is 5.91 Å². The Labute approximate surface area is 154 Å². The maximum absolute atomic E-state index is 13.0. The fraction of sp³-hybridized carbons (Fsp3) is 0.421. The van der Waals surface area contributed by atoms with E-state index < -0.39 is 23.1 Å². The van der Waals surface area contributed by atoms with E-state index in [1.54, 1.807) is 11.8 Å². The summed E-state index contributed by atoms with van der Waals surface area (Å²) in [5.74, 6) is 0.0365. The van der Waals surface area contributed by atoms with Crippen molar-refractivity contribution < 1.29 is 18.0 Å². The van der Waals surface area contributed by atoms with Gasteiger partial charge in [0.15, 0.2) is 5.69 Å². The number of rotatable bonds is 2. The van der Waals surface area contributed by atoms with E-state index in [2.05, 4.69) is 12.0 Å². The molecule has 0 aliphatic carbocycles. The number of alkyl halides is 3. The molecule has 0 saturated carbocycles. The first-order chi connectivity index (χ1) is 12.7. The molecule has 0 unspecified atom stereocenters. The van der Waals surface area contributed by atoms with E-state index in [0.717, 1.165) is 25.0 Å². The fourth-order valence-corrected chi connectivity index (χ4v) is 3.13. The molecule has 1 aromatic heterocycles. The minimum absolute atomic E-state index is 0.142. The third-order valence-corrected chi connectivity index (χ3v) is 4.80. The number of hydrogen-bond donors (Lipinski definition) is 0. The van der Waals surface area contributed by atoms with Gasteiger partial charge in [0, 0.05) is 24.8 Å². The summed E-state index contributed by atoms with van der Waals surface area (Å²) in [6.07, 6.45) is -2.80. The molecule has 27 heavy (non-hydrogen) atoms. The van der Waals surface area contributed by atoms with Crippen LogP contribution >= 0.6 is 0 Å². The predicted octanol–water partition coefficient (Wildman–Crippen LogP) is 3.43. The van der Waals surface area contributed by atoms with Gasteiger partial charge in [0.2, 0.25) is 5.43 Å². The van der Waals surface area contributed by atoms with Crippen LogP contribution < -0.4 is 5.43 Å². The van der Waals surface area contributed by atoms with E-state index in [1.165, 1.54) is 22.9 Å². The van der Waals surface area contributed by atoms with Crippen molar-refractivity contribution >= 4 is 5.91 Å². The van der Waals surface area contributed by atoms with Crippen molar-refractivity contribution in [2.24, 2.45) is 5.92 Å². The molecule has 0 spiro atoms. The van der Waals surface area contributed by atoms with Crippen molar-refractivity contribution in [3.63, 3.8) is 0 Å². The molecule has 2 heterocycles. The smallest absolute Gasteiger partial charge is 0.337 e. The van der Waals surface area contributed by atoms with Crippen LogP contribution in [0.4, 0.5) is 13.2 Å². The Morgan fingerprint density at radius 3 is 2.48 bits per heavy atom. The van der Waals surface area contributed by atoms with Crippen LogP contribution in [-0.2, 0) is 6.18 Å². The molecular weight excluding hydrogens is 359 g/mol. The van der Waals surface area contributed by atoms with Gasteiger partial charge in [-0.25, -0.2) is 4.68 Å². The number of benzene rings is 1. The Balaban J connectivity index is 2.00. The largest absolute Gasteiger partial charge is 0.416 e. The summed E-state index contributed by atoms with van der Waals surface area (Å²) in [5.41, 5.74) is -1.13. The Bertz CT molecular complexity index is 913. The van der Waals surface area contributed by atoms with Crippen molar-refractivity contribution in [1.29, 1.82) is 0 Å². The summed E-state index contributed by atoms with van der Waals surface area (Å²) in [6, 6.07) is 5.86. The maximum Gasteiger partial charge on any atom is 0.416 e. The lowest BCUT2D eigenvalue weighted by molar-refractivity contribution is -0.137. The van der Waals surface area contributed by atoms with E-state index in [4.69, 9.17) is 0 Å². The number of likely N-dealkylation sites (tertiary alicyclic amines) is 1. The second-order valence-corrected chi connectivity index (χ2v) is 6.93. The molecule has 1 saturated heterocycles.